The van der Waals surface area contributed by atoms with E-state index < -0.39 is 6.09 Å². The van der Waals surface area contributed by atoms with E-state index in [4.69, 9.17) is 18.9 Å². The Kier molecular flexibility index (Phi) is 6.51. The lowest BCUT2D eigenvalue weighted by Crippen LogP contribution is -2.22. The lowest BCUT2D eigenvalue weighted by molar-refractivity contribution is -0.115. The Balaban J connectivity index is 1.41. The first kappa shape index (κ1) is 20.0. The molecule has 0 unspecified atom stereocenters. The zero-order valence-electron chi connectivity index (χ0n) is 16.1. The van der Waals surface area contributed by atoms with Gasteiger partial charge in [0.25, 0.3) is 0 Å². The molecule has 3 rings (SSSR count). The van der Waals surface area contributed by atoms with Crippen LogP contribution in [0.25, 0.3) is 0 Å². The smallest absolute Gasteiger partial charge is 0.428 e. The normalized spacial score (nSPS) is 12.3. The van der Waals surface area contributed by atoms with Crippen molar-refractivity contribution in [3.05, 3.63) is 48.0 Å². The molecular weight excluding hydrogens is 378 g/mol. The Morgan fingerprint density at radius 3 is 2.62 bits per heavy atom. The number of methoxy groups -OCH3 is 1. The number of amides is 2. The van der Waals surface area contributed by atoms with E-state index in [0.717, 1.165) is 11.3 Å². The number of ether oxygens (including phenoxy) is 4. The molecule has 29 heavy (non-hydrogen) atoms. The lowest BCUT2D eigenvalue weighted by Gasteiger charge is -2.07. The molecule has 2 aromatic rings. The predicted octanol–water partition coefficient (Wildman–Crippen LogP) is 3.05. The van der Waals surface area contributed by atoms with Crippen LogP contribution in [0.1, 0.15) is 18.9 Å². The maximum Gasteiger partial charge on any atom is 0.428 e. The summed E-state index contributed by atoms with van der Waals surface area (Å²) in [5.41, 5.74) is 4.08. The molecule has 0 fully saturated rings. The second-order valence-corrected chi connectivity index (χ2v) is 6.18. The van der Waals surface area contributed by atoms with E-state index in [9.17, 15) is 9.59 Å². The number of nitrogens with zero attached hydrogens (tertiary/aromatic N) is 1. The van der Waals surface area contributed by atoms with Crippen molar-refractivity contribution in [1.82, 2.24) is 5.43 Å². The van der Waals surface area contributed by atoms with Gasteiger partial charge >= 0.3 is 6.09 Å². The number of hydrogen-bond donors (Lipinski definition) is 2. The molecular formula is C20H21N3O6. The van der Waals surface area contributed by atoms with Crippen molar-refractivity contribution in [1.29, 1.82) is 0 Å². The minimum atomic E-state index is -0.712. The highest BCUT2D eigenvalue weighted by Crippen LogP contribution is 2.34. The van der Waals surface area contributed by atoms with Crippen LogP contribution in [0.15, 0.2) is 47.6 Å². The fraction of sp³-hybridized carbons (Fsp3) is 0.250. The number of nitrogens with one attached hydrogen (secondary N) is 2. The second kappa shape index (κ2) is 9.45. The van der Waals surface area contributed by atoms with E-state index in [1.165, 1.54) is 0 Å². The Labute approximate surface area is 167 Å². The van der Waals surface area contributed by atoms with Gasteiger partial charge in [0.05, 0.1) is 13.5 Å². The first-order chi connectivity index (χ1) is 14.0. The molecule has 0 bridgehead atoms. The summed E-state index contributed by atoms with van der Waals surface area (Å²) in [6.45, 7) is 1.89. The van der Waals surface area contributed by atoms with E-state index in [1.54, 1.807) is 56.5 Å². The van der Waals surface area contributed by atoms with Crippen LogP contribution < -0.4 is 25.0 Å². The predicted molar refractivity (Wildman–Crippen MR) is 105 cm³/mol. The number of hydrazone groups is 1. The molecule has 1 heterocycles. The molecule has 2 aromatic carbocycles. The highest BCUT2D eigenvalue weighted by atomic mass is 16.7. The van der Waals surface area contributed by atoms with Gasteiger partial charge in [0.15, 0.2) is 11.5 Å². The van der Waals surface area contributed by atoms with E-state index in [1.807, 2.05) is 0 Å². The van der Waals surface area contributed by atoms with Crippen LogP contribution in [0.3, 0.4) is 0 Å². The van der Waals surface area contributed by atoms with Crippen molar-refractivity contribution in [2.45, 2.75) is 20.0 Å². The van der Waals surface area contributed by atoms with Crippen molar-refractivity contribution < 1.29 is 28.5 Å². The fourth-order valence-corrected chi connectivity index (χ4v) is 2.50. The monoisotopic (exact) mass is 399 g/mol. The molecule has 0 saturated heterocycles. The maximum atomic E-state index is 12.1. The van der Waals surface area contributed by atoms with Crippen molar-refractivity contribution in [2.24, 2.45) is 5.10 Å². The second-order valence-electron chi connectivity index (χ2n) is 6.18. The number of fused-ring (bicyclic) bond motifs is 1. The molecule has 2 amide bonds. The summed E-state index contributed by atoms with van der Waals surface area (Å²) in [6.07, 6.45) is -0.705. The van der Waals surface area contributed by atoms with Gasteiger partial charge in [0, 0.05) is 17.5 Å². The molecule has 0 radical (unpaired) electrons. The summed E-state index contributed by atoms with van der Waals surface area (Å²) in [5.74, 6) is 1.66. The molecule has 0 aliphatic carbocycles. The first-order valence-electron chi connectivity index (χ1n) is 8.82. The van der Waals surface area contributed by atoms with Crippen molar-refractivity contribution in [3.8, 4) is 17.2 Å². The summed E-state index contributed by atoms with van der Waals surface area (Å²) in [7, 11) is 1.58. The SMILES string of the molecule is COc1ccc(COC(=O)N/N=C(/C)CC(=O)Nc2ccc3c(c2)OCO3)cc1. The van der Waals surface area contributed by atoms with E-state index in [2.05, 4.69) is 15.8 Å². The van der Waals surface area contributed by atoms with Gasteiger partial charge in [-0.05, 0) is 36.8 Å². The summed E-state index contributed by atoms with van der Waals surface area (Å²) < 4.78 is 20.6. The average molecular weight is 399 g/mol. The Bertz CT molecular complexity index is 911. The first-order valence-corrected chi connectivity index (χ1v) is 8.82. The maximum absolute atomic E-state index is 12.1. The molecule has 152 valence electrons. The van der Waals surface area contributed by atoms with Crippen molar-refractivity contribution >= 4 is 23.4 Å². The van der Waals surface area contributed by atoms with Crippen molar-refractivity contribution in [3.63, 3.8) is 0 Å². The molecule has 9 nitrogen and oxygen atoms in total. The Morgan fingerprint density at radius 2 is 1.86 bits per heavy atom. The highest BCUT2D eigenvalue weighted by molar-refractivity contribution is 6.05. The summed E-state index contributed by atoms with van der Waals surface area (Å²) in [5, 5.41) is 6.61. The van der Waals surface area contributed by atoms with Crippen LogP contribution in [0.4, 0.5) is 10.5 Å². The fourth-order valence-electron chi connectivity index (χ4n) is 2.50. The van der Waals surface area contributed by atoms with E-state index >= 15 is 0 Å². The van der Waals surface area contributed by atoms with Crippen LogP contribution >= 0.6 is 0 Å². The standard InChI is InChI=1S/C20H21N3O6/c1-13(9-19(24)21-15-5-8-17-18(10-15)29-12-28-17)22-23-20(25)27-11-14-3-6-16(26-2)7-4-14/h3-8,10H,9,11-12H2,1-2H3,(H,21,24)(H,23,25)/b22-13-. The Hall–Kier alpha value is -3.75. The Morgan fingerprint density at radius 1 is 1.10 bits per heavy atom. The molecule has 1 aliphatic rings. The molecule has 0 atom stereocenters. The van der Waals surface area contributed by atoms with Crippen molar-refractivity contribution in [2.75, 3.05) is 19.2 Å². The zero-order chi connectivity index (χ0) is 20.6. The number of hydrogen-bond acceptors (Lipinski definition) is 7. The van der Waals surface area contributed by atoms with Crippen LogP contribution in [0.5, 0.6) is 17.2 Å². The van der Waals surface area contributed by atoms with Gasteiger partial charge in [0.2, 0.25) is 12.7 Å². The number of carbonyl (C=O) groups is 2. The van der Waals surface area contributed by atoms with Crippen LogP contribution in [-0.4, -0.2) is 31.6 Å². The third kappa shape index (κ3) is 5.86. The molecule has 1 aliphatic heterocycles. The number of benzene rings is 2. The molecule has 0 saturated carbocycles. The van der Waals surface area contributed by atoms with Gasteiger partial charge in [-0.25, -0.2) is 10.2 Å². The van der Waals surface area contributed by atoms with Crippen LogP contribution in [-0.2, 0) is 16.1 Å². The quantitative estimate of drug-likeness (QED) is 0.547. The minimum Gasteiger partial charge on any atom is -0.497 e. The van der Waals surface area contributed by atoms with Gasteiger partial charge in [-0.2, -0.15) is 5.10 Å². The third-order valence-corrected chi connectivity index (χ3v) is 3.94. The summed E-state index contributed by atoms with van der Waals surface area (Å²) in [4.78, 5) is 23.9. The molecule has 0 aromatic heterocycles. The van der Waals surface area contributed by atoms with Gasteiger partial charge in [0.1, 0.15) is 12.4 Å². The number of rotatable bonds is 7. The number of anilines is 1. The third-order valence-electron chi connectivity index (χ3n) is 3.94. The van der Waals surface area contributed by atoms with Gasteiger partial charge in [-0.15, -0.1) is 0 Å². The lowest BCUT2D eigenvalue weighted by atomic mass is 10.2. The molecule has 2 N–H and O–H groups in total. The van der Waals surface area contributed by atoms with Gasteiger partial charge in [-0.1, -0.05) is 12.1 Å². The zero-order valence-corrected chi connectivity index (χ0v) is 16.1. The molecule has 9 heteroatoms. The van der Waals surface area contributed by atoms with Crippen LogP contribution in [0, 0.1) is 0 Å². The van der Waals surface area contributed by atoms with Crippen LogP contribution in [0.2, 0.25) is 0 Å². The van der Waals surface area contributed by atoms with E-state index in [-0.39, 0.29) is 25.7 Å². The number of carbonyl (C=O) groups excluding carboxylic acids is 2. The molecule has 0 spiro atoms. The van der Waals surface area contributed by atoms with E-state index in [0.29, 0.717) is 22.9 Å². The topological polar surface area (TPSA) is 107 Å². The summed E-state index contributed by atoms with van der Waals surface area (Å²) >= 11 is 0. The highest BCUT2D eigenvalue weighted by Gasteiger charge is 2.14. The average Bonchev–Trinajstić information content (AvgIpc) is 3.19. The largest absolute Gasteiger partial charge is 0.497 e. The minimum absolute atomic E-state index is 0.00714. The summed E-state index contributed by atoms with van der Waals surface area (Å²) in [6, 6.07) is 12.3. The van der Waals surface area contributed by atoms with Gasteiger partial charge in [-0.3, -0.25) is 4.79 Å². The van der Waals surface area contributed by atoms with Gasteiger partial charge < -0.3 is 24.3 Å².